The van der Waals surface area contributed by atoms with E-state index in [0.717, 1.165) is 0 Å². The van der Waals surface area contributed by atoms with Gasteiger partial charge in [0.2, 0.25) is 0 Å². The largest absolute Gasteiger partial charge is 0.481 e. The molecule has 1 rings (SSSR count). The first kappa shape index (κ1) is 15.9. The van der Waals surface area contributed by atoms with Crippen LogP contribution in [-0.2, 0) is 4.79 Å². The molecule has 3 N–H and O–H groups in total. The highest BCUT2D eigenvalue weighted by Gasteiger charge is 2.20. The van der Waals surface area contributed by atoms with Crippen molar-refractivity contribution in [2.45, 2.75) is 34.1 Å². The summed E-state index contributed by atoms with van der Waals surface area (Å²) in [6.45, 7) is 6.95. The van der Waals surface area contributed by atoms with E-state index in [2.05, 4.69) is 10.3 Å². The number of H-pyrrole nitrogens is 1. The summed E-state index contributed by atoms with van der Waals surface area (Å²) in [4.78, 5) is 37.0. The Bertz CT molecular complexity index is 546. The van der Waals surface area contributed by atoms with Crippen molar-refractivity contribution >= 4 is 17.7 Å². The van der Waals surface area contributed by atoms with Gasteiger partial charge in [-0.3, -0.25) is 14.4 Å². The number of aryl methyl sites for hydroxylation is 1. The van der Waals surface area contributed by atoms with Gasteiger partial charge < -0.3 is 15.4 Å². The monoisotopic (exact) mass is 280 g/mol. The zero-order valence-corrected chi connectivity index (χ0v) is 12.2. The first-order valence-electron chi connectivity index (χ1n) is 6.44. The topological polar surface area (TPSA) is 99.3 Å². The summed E-state index contributed by atoms with van der Waals surface area (Å²) < 4.78 is 0. The van der Waals surface area contributed by atoms with Gasteiger partial charge in [0.05, 0.1) is 0 Å². The first-order chi connectivity index (χ1) is 9.23. The molecule has 0 fully saturated rings. The molecule has 20 heavy (non-hydrogen) atoms. The first-order valence-corrected chi connectivity index (χ1v) is 6.44. The normalized spacial score (nSPS) is 12.0. The van der Waals surface area contributed by atoms with Crippen molar-refractivity contribution in [3.63, 3.8) is 0 Å². The van der Waals surface area contributed by atoms with E-state index in [0.29, 0.717) is 22.5 Å². The SMILES string of the molecule is CC(=O)c1c(C)[nH]c(C(=O)NCC(C)CC(=O)O)c1C. The average molecular weight is 280 g/mol. The van der Waals surface area contributed by atoms with Crippen LogP contribution in [0.5, 0.6) is 0 Å². The lowest BCUT2D eigenvalue weighted by molar-refractivity contribution is -0.137. The predicted molar refractivity (Wildman–Crippen MR) is 74.0 cm³/mol. The van der Waals surface area contributed by atoms with Gasteiger partial charge in [-0.2, -0.15) is 0 Å². The standard InChI is InChI=1S/C14H20N2O4/c1-7(5-11(18)19)6-15-14(20)13-8(2)12(10(4)17)9(3)16-13/h7,16H,5-6H2,1-4H3,(H,15,20)(H,18,19). The summed E-state index contributed by atoms with van der Waals surface area (Å²) >= 11 is 0. The number of hydrogen-bond donors (Lipinski definition) is 3. The molecule has 6 nitrogen and oxygen atoms in total. The molecule has 0 aliphatic heterocycles. The number of rotatable bonds is 6. The number of Topliss-reactive ketones (excluding diaryl/α,β-unsaturated/α-hetero) is 1. The van der Waals surface area contributed by atoms with Gasteiger partial charge in [0.15, 0.2) is 5.78 Å². The third-order valence-electron chi connectivity index (χ3n) is 3.15. The molecular formula is C14H20N2O4. The second-order valence-electron chi connectivity index (χ2n) is 5.09. The molecule has 0 aliphatic rings. The average Bonchev–Trinajstić information content (AvgIpc) is 2.60. The summed E-state index contributed by atoms with van der Waals surface area (Å²) in [5.41, 5.74) is 2.18. The van der Waals surface area contributed by atoms with E-state index in [-0.39, 0.29) is 30.6 Å². The maximum absolute atomic E-state index is 12.0. The van der Waals surface area contributed by atoms with Gasteiger partial charge in [0.1, 0.15) is 5.69 Å². The molecule has 6 heteroatoms. The molecule has 0 saturated heterocycles. The second kappa shape index (κ2) is 6.36. The quantitative estimate of drug-likeness (QED) is 0.690. The Labute approximate surface area is 117 Å². The van der Waals surface area contributed by atoms with Gasteiger partial charge >= 0.3 is 5.97 Å². The van der Waals surface area contributed by atoms with Crippen LogP contribution in [0.3, 0.4) is 0 Å². The van der Waals surface area contributed by atoms with Crippen LogP contribution in [0.1, 0.15) is 52.4 Å². The van der Waals surface area contributed by atoms with Gasteiger partial charge in [-0.1, -0.05) is 6.92 Å². The Morgan fingerprint density at radius 1 is 1.30 bits per heavy atom. The number of nitrogens with one attached hydrogen (secondary N) is 2. The van der Waals surface area contributed by atoms with Crippen LogP contribution in [0.25, 0.3) is 0 Å². The van der Waals surface area contributed by atoms with Crippen LogP contribution in [0, 0.1) is 19.8 Å². The van der Waals surface area contributed by atoms with Gasteiger partial charge in [-0.15, -0.1) is 0 Å². The molecule has 1 aromatic rings. The van der Waals surface area contributed by atoms with E-state index in [4.69, 9.17) is 5.11 Å². The fraction of sp³-hybridized carbons (Fsp3) is 0.500. The van der Waals surface area contributed by atoms with Gasteiger partial charge in [-0.25, -0.2) is 0 Å². The molecule has 1 atom stereocenters. The lowest BCUT2D eigenvalue weighted by Gasteiger charge is -2.10. The van der Waals surface area contributed by atoms with Gasteiger partial charge in [0, 0.05) is 24.2 Å². The maximum Gasteiger partial charge on any atom is 0.303 e. The molecule has 0 radical (unpaired) electrons. The van der Waals surface area contributed by atoms with Crippen LogP contribution < -0.4 is 5.32 Å². The molecule has 1 unspecified atom stereocenters. The smallest absolute Gasteiger partial charge is 0.303 e. The Hall–Kier alpha value is -2.11. The van der Waals surface area contributed by atoms with Crippen LogP contribution in [-0.4, -0.2) is 34.3 Å². The van der Waals surface area contributed by atoms with E-state index < -0.39 is 5.97 Å². The molecule has 0 saturated carbocycles. The fourth-order valence-electron chi connectivity index (χ4n) is 2.23. The summed E-state index contributed by atoms with van der Waals surface area (Å²) in [5.74, 6) is -1.46. The summed E-state index contributed by atoms with van der Waals surface area (Å²) in [5, 5.41) is 11.3. The van der Waals surface area contributed by atoms with E-state index in [1.807, 2.05) is 0 Å². The molecule has 0 aliphatic carbocycles. The lowest BCUT2D eigenvalue weighted by atomic mass is 10.1. The number of carbonyl (C=O) groups is 3. The lowest BCUT2D eigenvalue weighted by Crippen LogP contribution is -2.30. The fourth-order valence-corrected chi connectivity index (χ4v) is 2.23. The van der Waals surface area contributed by atoms with Crippen LogP contribution in [0.2, 0.25) is 0 Å². The number of ketones is 1. The van der Waals surface area contributed by atoms with E-state index >= 15 is 0 Å². The molecule has 0 spiro atoms. The van der Waals surface area contributed by atoms with Crippen molar-refractivity contribution in [3.8, 4) is 0 Å². The van der Waals surface area contributed by atoms with Crippen LogP contribution >= 0.6 is 0 Å². The van der Waals surface area contributed by atoms with Crippen molar-refractivity contribution in [1.29, 1.82) is 0 Å². The second-order valence-corrected chi connectivity index (χ2v) is 5.09. The van der Waals surface area contributed by atoms with E-state index in [1.165, 1.54) is 6.92 Å². The summed E-state index contributed by atoms with van der Waals surface area (Å²) in [6, 6.07) is 0. The highest BCUT2D eigenvalue weighted by Crippen LogP contribution is 2.18. The summed E-state index contributed by atoms with van der Waals surface area (Å²) in [6.07, 6.45) is 0.00170. The predicted octanol–water partition coefficient (Wildman–Crippen LogP) is 1.67. The van der Waals surface area contributed by atoms with Crippen molar-refractivity contribution < 1.29 is 19.5 Å². The Morgan fingerprint density at radius 3 is 2.35 bits per heavy atom. The molecule has 110 valence electrons. The van der Waals surface area contributed by atoms with Crippen LogP contribution in [0.15, 0.2) is 0 Å². The zero-order valence-electron chi connectivity index (χ0n) is 12.2. The number of carbonyl (C=O) groups excluding carboxylic acids is 2. The highest BCUT2D eigenvalue weighted by atomic mass is 16.4. The number of carboxylic acids is 1. The molecular weight excluding hydrogens is 260 g/mol. The van der Waals surface area contributed by atoms with Gasteiger partial charge in [0.25, 0.3) is 5.91 Å². The third kappa shape index (κ3) is 3.69. The van der Waals surface area contributed by atoms with Gasteiger partial charge in [-0.05, 0) is 32.3 Å². The molecule has 0 bridgehead atoms. The van der Waals surface area contributed by atoms with Crippen LogP contribution in [0.4, 0.5) is 0 Å². The van der Waals surface area contributed by atoms with Crippen molar-refractivity contribution in [1.82, 2.24) is 10.3 Å². The van der Waals surface area contributed by atoms with Crippen molar-refractivity contribution in [3.05, 3.63) is 22.5 Å². The highest BCUT2D eigenvalue weighted by molar-refractivity contribution is 6.02. The number of aliphatic carboxylic acids is 1. The number of aromatic amines is 1. The minimum Gasteiger partial charge on any atom is -0.481 e. The van der Waals surface area contributed by atoms with Crippen molar-refractivity contribution in [2.75, 3.05) is 6.54 Å². The molecule has 0 aromatic carbocycles. The number of hydrogen-bond acceptors (Lipinski definition) is 3. The van der Waals surface area contributed by atoms with E-state index in [1.54, 1.807) is 20.8 Å². The Morgan fingerprint density at radius 2 is 1.90 bits per heavy atom. The number of amides is 1. The minimum absolute atomic E-state index is 0.00170. The Balaban J connectivity index is 2.76. The molecule has 1 aromatic heterocycles. The van der Waals surface area contributed by atoms with Crippen molar-refractivity contribution in [2.24, 2.45) is 5.92 Å². The molecule has 1 heterocycles. The summed E-state index contributed by atoms with van der Waals surface area (Å²) in [7, 11) is 0. The number of aromatic nitrogens is 1. The van der Waals surface area contributed by atoms with E-state index in [9.17, 15) is 14.4 Å². The maximum atomic E-state index is 12.0. The third-order valence-corrected chi connectivity index (χ3v) is 3.15. The number of carboxylic acid groups (broad SMARTS) is 1. The molecule has 1 amide bonds. The zero-order chi connectivity index (χ0) is 15.4. The minimum atomic E-state index is -0.891. The Kier molecular flexibility index (Phi) is 5.07.